The average molecular weight is 428 g/mol. The number of carbonyl (C=O) groups excluding carboxylic acids is 1. The maximum atomic E-state index is 13.5. The highest BCUT2D eigenvalue weighted by atomic mass is 35.5. The Kier molecular flexibility index (Phi) is 5.77. The number of hydrogen-bond acceptors (Lipinski definition) is 3. The lowest BCUT2D eigenvalue weighted by molar-refractivity contribution is 0.183. The Hall–Kier alpha value is -2.86. The van der Waals surface area contributed by atoms with E-state index in [2.05, 4.69) is 10.3 Å². The SMILES string of the molecule is CCN(C(=O)Nc1ccc(F)c(Cl)c1)[C@@H](c1cnc(OC)c2ccccc12)C1CC1. The van der Waals surface area contributed by atoms with Crippen molar-refractivity contribution in [3.8, 4) is 5.88 Å². The van der Waals surface area contributed by atoms with Crippen LogP contribution in [-0.4, -0.2) is 29.6 Å². The molecule has 1 saturated carbocycles. The van der Waals surface area contributed by atoms with Crippen molar-refractivity contribution in [2.45, 2.75) is 25.8 Å². The van der Waals surface area contributed by atoms with Gasteiger partial charge in [-0.2, -0.15) is 0 Å². The number of fused-ring (bicyclic) bond motifs is 1. The molecule has 1 heterocycles. The maximum Gasteiger partial charge on any atom is 0.322 e. The highest BCUT2D eigenvalue weighted by Gasteiger charge is 2.39. The predicted molar refractivity (Wildman–Crippen MR) is 117 cm³/mol. The molecule has 4 rings (SSSR count). The fourth-order valence-corrected chi connectivity index (χ4v) is 4.09. The Labute approximate surface area is 179 Å². The van der Waals surface area contributed by atoms with Crippen molar-refractivity contribution in [1.82, 2.24) is 9.88 Å². The first-order valence-electron chi connectivity index (χ1n) is 9.97. The minimum atomic E-state index is -0.520. The summed E-state index contributed by atoms with van der Waals surface area (Å²) < 4.78 is 18.9. The molecule has 1 N–H and O–H groups in total. The molecule has 30 heavy (non-hydrogen) atoms. The van der Waals surface area contributed by atoms with Crippen molar-refractivity contribution in [1.29, 1.82) is 0 Å². The lowest BCUT2D eigenvalue weighted by Gasteiger charge is -2.32. The second-order valence-corrected chi connectivity index (χ2v) is 7.80. The monoisotopic (exact) mass is 427 g/mol. The number of urea groups is 1. The molecule has 1 aromatic heterocycles. The number of methoxy groups -OCH3 is 1. The van der Waals surface area contributed by atoms with Crippen LogP contribution in [0.2, 0.25) is 5.02 Å². The fraction of sp³-hybridized carbons (Fsp3) is 0.304. The molecule has 0 bridgehead atoms. The molecule has 3 aromatic rings. The van der Waals surface area contributed by atoms with Crippen LogP contribution in [0.4, 0.5) is 14.9 Å². The second-order valence-electron chi connectivity index (χ2n) is 7.40. The summed E-state index contributed by atoms with van der Waals surface area (Å²) in [4.78, 5) is 19.5. The van der Waals surface area contributed by atoms with Gasteiger partial charge in [-0.1, -0.05) is 29.8 Å². The number of ether oxygens (including phenoxy) is 1. The number of nitrogens with one attached hydrogen (secondary N) is 1. The van der Waals surface area contributed by atoms with Crippen LogP contribution in [0.1, 0.15) is 31.4 Å². The number of aromatic nitrogens is 1. The number of nitrogens with zero attached hydrogens (tertiary/aromatic N) is 2. The Morgan fingerprint density at radius 1 is 1.30 bits per heavy atom. The quantitative estimate of drug-likeness (QED) is 0.521. The van der Waals surface area contributed by atoms with E-state index in [0.29, 0.717) is 24.0 Å². The van der Waals surface area contributed by atoms with Crippen LogP contribution in [0.5, 0.6) is 5.88 Å². The van der Waals surface area contributed by atoms with Crippen molar-refractivity contribution in [2.75, 3.05) is 19.0 Å². The van der Waals surface area contributed by atoms with E-state index in [4.69, 9.17) is 16.3 Å². The first kappa shape index (κ1) is 20.4. The highest BCUT2D eigenvalue weighted by Crippen LogP contribution is 2.47. The van der Waals surface area contributed by atoms with Crippen molar-refractivity contribution in [3.05, 3.63) is 65.1 Å². The number of benzene rings is 2. The number of pyridine rings is 1. The first-order chi connectivity index (χ1) is 14.5. The van der Waals surface area contributed by atoms with Crippen LogP contribution in [0.25, 0.3) is 10.8 Å². The molecule has 5 nitrogen and oxygen atoms in total. The Bertz CT molecular complexity index is 1090. The lowest BCUT2D eigenvalue weighted by Crippen LogP contribution is -2.39. The van der Waals surface area contributed by atoms with E-state index in [0.717, 1.165) is 29.2 Å². The standard InChI is InChI=1S/C23H23ClFN3O2/c1-3-28(23(29)27-15-10-11-20(25)19(24)12-15)21(14-8-9-14)18-13-26-22(30-2)17-7-5-4-6-16(17)18/h4-7,10-14,21H,3,8-9H2,1-2H3,(H,27,29)/t21-/m1/s1. The van der Waals surface area contributed by atoms with Crippen LogP contribution in [0.15, 0.2) is 48.7 Å². The summed E-state index contributed by atoms with van der Waals surface area (Å²) in [5.74, 6) is 0.414. The van der Waals surface area contributed by atoms with E-state index in [9.17, 15) is 9.18 Å². The molecule has 0 radical (unpaired) electrons. The van der Waals surface area contributed by atoms with Gasteiger partial charge in [-0.3, -0.25) is 0 Å². The molecular weight excluding hydrogens is 405 g/mol. The molecule has 0 aliphatic heterocycles. The molecule has 0 saturated heterocycles. The minimum absolute atomic E-state index is 0.0278. The summed E-state index contributed by atoms with van der Waals surface area (Å²) >= 11 is 5.86. The number of halogens is 2. The van der Waals surface area contributed by atoms with Crippen molar-refractivity contribution in [2.24, 2.45) is 5.92 Å². The van der Waals surface area contributed by atoms with Gasteiger partial charge in [-0.15, -0.1) is 0 Å². The van der Waals surface area contributed by atoms with E-state index in [1.807, 2.05) is 42.3 Å². The number of hydrogen-bond donors (Lipinski definition) is 1. The predicted octanol–water partition coefficient (Wildman–Crippen LogP) is 6.04. The Balaban J connectivity index is 1.70. The zero-order valence-electron chi connectivity index (χ0n) is 16.9. The zero-order chi connectivity index (χ0) is 21.3. The topological polar surface area (TPSA) is 54.5 Å². The van der Waals surface area contributed by atoms with Crippen molar-refractivity contribution in [3.63, 3.8) is 0 Å². The summed E-state index contributed by atoms with van der Waals surface area (Å²) in [6.45, 7) is 2.47. The molecule has 0 unspecified atom stereocenters. The van der Waals surface area contributed by atoms with E-state index in [1.165, 1.54) is 18.2 Å². The van der Waals surface area contributed by atoms with Crippen LogP contribution in [-0.2, 0) is 0 Å². The van der Waals surface area contributed by atoms with Crippen LogP contribution in [0, 0.1) is 11.7 Å². The minimum Gasteiger partial charge on any atom is -0.481 e. The summed E-state index contributed by atoms with van der Waals surface area (Å²) in [6, 6.07) is 11.7. The van der Waals surface area contributed by atoms with Crippen LogP contribution in [0.3, 0.4) is 0 Å². The molecule has 1 aliphatic rings. The van der Waals surface area contributed by atoms with Crippen molar-refractivity contribution >= 4 is 34.1 Å². The summed E-state index contributed by atoms with van der Waals surface area (Å²) in [5, 5.41) is 4.77. The number of rotatable bonds is 6. The van der Waals surface area contributed by atoms with E-state index >= 15 is 0 Å². The number of amides is 2. The summed E-state index contributed by atoms with van der Waals surface area (Å²) in [6.07, 6.45) is 3.92. The molecule has 156 valence electrons. The Morgan fingerprint density at radius 2 is 2.03 bits per heavy atom. The number of carbonyl (C=O) groups is 1. The van der Waals surface area contributed by atoms with Gasteiger partial charge in [0.05, 0.1) is 18.2 Å². The normalized spacial score (nSPS) is 14.4. The van der Waals surface area contributed by atoms with Gasteiger partial charge in [-0.05, 0) is 55.3 Å². The molecule has 2 aromatic carbocycles. The molecular formula is C23H23ClFN3O2. The van der Waals surface area contributed by atoms with Crippen LogP contribution < -0.4 is 10.1 Å². The largest absolute Gasteiger partial charge is 0.481 e. The van der Waals surface area contributed by atoms with Gasteiger partial charge in [0.2, 0.25) is 5.88 Å². The summed E-state index contributed by atoms with van der Waals surface area (Å²) in [5.41, 5.74) is 1.46. The maximum absolute atomic E-state index is 13.5. The molecule has 1 aliphatic carbocycles. The average Bonchev–Trinajstić information content (AvgIpc) is 3.59. The lowest BCUT2D eigenvalue weighted by atomic mass is 9.96. The van der Waals surface area contributed by atoms with E-state index in [1.54, 1.807) is 7.11 Å². The smallest absolute Gasteiger partial charge is 0.322 e. The van der Waals surface area contributed by atoms with Gasteiger partial charge >= 0.3 is 6.03 Å². The van der Waals surface area contributed by atoms with Gasteiger partial charge in [0.1, 0.15) is 5.82 Å². The van der Waals surface area contributed by atoms with E-state index < -0.39 is 5.82 Å². The third-order valence-electron chi connectivity index (χ3n) is 5.48. The summed E-state index contributed by atoms with van der Waals surface area (Å²) in [7, 11) is 1.60. The van der Waals surface area contributed by atoms with Gasteiger partial charge in [0.25, 0.3) is 0 Å². The highest BCUT2D eigenvalue weighted by molar-refractivity contribution is 6.31. The second kappa shape index (κ2) is 8.48. The number of anilines is 1. The van der Waals surface area contributed by atoms with Gasteiger partial charge in [0.15, 0.2) is 0 Å². The third kappa shape index (κ3) is 3.92. The van der Waals surface area contributed by atoms with E-state index in [-0.39, 0.29) is 17.1 Å². The first-order valence-corrected chi connectivity index (χ1v) is 10.4. The zero-order valence-corrected chi connectivity index (χ0v) is 17.6. The molecule has 1 atom stereocenters. The Morgan fingerprint density at radius 3 is 2.67 bits per heavy atom. The van der Waals surface area contributed by atoms with Gasteiger partial charge in [-0.25, -0.2) is 14.2 Å². The molecule has 0 spiro atoms. The van der Waals surface area contributed by atoms with Gasteiger partial charge < -0.3 is 15.0 Å². The third-order valence-corrected chi connectivity index (χ3v) is 5.77. The van der Waals surface area contributed by atoms with Crippen molar-refractivity contribution < 1.29 is 13.9 Å². The fourth-order valence-electron chi connectivity index (χ4n) is 3.91. The molecule has 2 amide bonds. The molecule has 7 heteroatoms. The molecule has 1 fully saturated rings. The van der Waals surface area contributed by atoms with Crippen LogP contribution >= 0.6 is 11.6 Å². The van der Waals surface area contributed by atoms with Gasteiger partial charge in [0, 0.05) is 29.4 Å².